The minimum absolute atomic E-state index is 0.398. The molecule has 0 amide bonds. The second-order valence-corrected chi connectivity index (χ2v) is 8.31. The van der Waals surface area contributed by atoms with E-state index in [0.29, 0.717) is 16.2 Å². The molecule has 108 valence electrons. The van der Waals surface area contributed by atoms with Crippen LogP contribution >= 0.6 is 0 Å². The third-order valence-electron chi connectivity index (χ3n) is 6.70. The number of hydrogen-bond acceptors (Lipinski definition) is 1. The fraction of sp³-hybridized carbons (Fsp3) is 0.889. The van der Waals surface area contributed by atoms with Crippen LogP contribution in [0.3, 0.4) is 0 Å². The largest absolute Gasteiger partial charge is 0.501 e. The van der Waals surface area contributed by atoms with E-state index in [1.807, 2.05) is 0 Å². The lowest BCUT2D eigenvalue weighted by atomic mass is 9.54. The van der Waals surface area contributed by atoms with Gasteiger partial charge in [0.2, 0.25) is 0 Å². The highest BCUT2D eigenvalue weighted by Gasteiger charge is 2.63. The van der Waals surface area contributed by atoms with E-state index >= 15 is 0 Å². The first-order chi connectivity index (χ1) is 8.94. The van der Waals surface area contributed by atoms with Gasteiger partial charge in [-0.05, 0) is 55.4 Å². The van der Waals surface area contributed by atoms with Gasteiger partial charge in [-0.25, -0.2) is 0 Å². The molecule has 1 heterocycles. The highest BCUT2D eigenvalue weighted by molar-refractivity contribution is 5.27. The van der Waals surface area contributed by atoms with Crippen LogP contribution in [0.4, 0.5) is 0 Å². The summed E-state index contributed by atoms with van der Waals surface area (Å²) in [5.41, 5.74) is 3.04. The van der Waals surface area contributed by atoms with Gasteiger partial charge in [0.05, 0.1) is 12.9 Å². The molecule has 0 saturated heterocycles. The summed E-state index contributed by atoms with van der Waals surface area (Å²) in [4.78, 5) is 0. The molecule has 0 aromatic rings. The number of allylic oxidation sites excluding steroid dienone is 1. The van der Waals surface area contributed by atoms with Gasteiger partial charge in [0.15, 0.2) is 0 Å². The predicted molar refractivity (Wildman–Crippen MR) is 79.8 cm³/mol. The van der Waals surface area contributed by atoms with Crippen molar-refractivity contribution in [1.29, 1.82) is 0 Å². The zero-order valence-corrected chi connectivity index (χ0v) is 13.2. The van der Waals surface area contributed by atoms with Gasteiger partial charge in [0.1, 0.15) is 0 Å². The summed E-state index contributed by atoms with van der Waals surface area (Å²) in [5, 5.41) is 0. The third-order valence-corrected chi connectivity index (χ3v) is 6.70. The predicted octanol–water partition coefficient (Wildman–Crippen LogP) is 5.31. The van der Waals surface area contributed by atoms with Crippen molar-refractivity contribution in [3.05, 3.63) is 11.8 Å². The molecule has 0 aromatic carbocycles. The van der Waals surface area contributed by atoms with Crippen LogP contribution in [0.15, 0.2) is 11.8 Å². The fourth-order valence-electron chi connectivity index (χ4n) is 5.32. The Morgan fingerprint density at radius 2 is 2.11 bits per heavy atom. The van der Waals surface area contributed by atoms with Crippen molar-refractivity contribution in [2.75, 3.05) is 6.61 Å². The number of ether oxygens (including phenoxy) is 1. The highest BCUT2D eigenvalue weighted by Crippen LogP contribution is 2.70. The topological polar surface area (TPSA) is 9.23 Å². The first-order valence-electron chi connectivity index (χ1n) is 8.25. The monoisotopic (exact) mass is 262 g/mol. The Hall–Kier alpha value is -0.460. The minimum Gasteiger partial charge on any atom is -0.501 e. The Labute approximate surface area is 118 Å². The Kier molecular flexibility index (Phi) is 3.04. The summed E-state index contributed by atoms with van der Waals surface area (Å²) in [6, 6.07) is 0. The van der Waals surface area contributed by atoms with Gasteiger partial charge in [-0.3, -0.25) is 0 Å². The molecule has 1 spiro atoms. The molecule has 0 unspecified atom stereocenters. The zero-order chi connectivity index (χ0) is 13.7. The summed E-state index contributed by atoms with van der Waals surface area (Å²) in [6.45, 7) is 10.8. The normalized spacial score (nSPS) is 43.4. The Morgan fingerprint density at radius 1 is 1.32 bits per heavy atom. The first-order valence-corrected chi connectivity index (χ1v) is 8.25. The molecule has 1 nitrogen and oxygen atoms in total. The molecule has 0 radical (unpaired) electrons. The third kappa shape index (κ3) is 1.80. The molecule has 1 aliphatic heterocycles. The maximum absolute atomic E-state index is 5.90. The maximum Gasteiger partial charge on any atom is 0.0935 e. The van der Waals surface area contributed by atoms with Crippen LogP contribution in [0.25, 0.3) is 0 Å². The van der Waals surface area contributed by atoms with Crippen LogP contribution in [0.5, 0.6) is 0 Å². The summed E-state index contributed by atoms with van der Waals surface area (Å²) < 4.78 is 5.90. The van der Waals surface area contributed by atoms with E-state index in [-0.39, 0.29) is 0 Å². The van der Waals surface area contributed by atoms with Gasteiger partial charge in [-0.15, -0.1) is 0 Å². The fourth-order valence-corrected chi connectivity index (χ4v) is 5.32. The molecule has 2 saturated carbocycles. The number of hydrogen-bond donors (Lipinski definition) is 0. The van der Waals surface area contributed by atoms with E-state index in [0.717, 1.165) is 12.5 Å². The van der Waals surface area contributed by atoms with E-state index in [4.69, 9.17) is 4.74 Å². The van der Waals surface area contributed by atoms with Crippen molar-refractivity contribution in [3.8, 4) is 0 Å². The summed E-state index contributed by atoms with van der Waals surface area (Å²) in [5.74, 6) is 0.934. The van der Waals surface area contributed by atoms with Crippen molar-refractivity contribution in [3.63, 3.8) is 0 Å². The summed E-state index contributed by atoms with van der Waals surface area (Å²) >= 11 is 0. The Morgan fingerprint density at radius 3 is 2.84 bits per heavy atom. The van der Waals surface area contributed by atoms with Gasteiger partial charge in [0, 0.05) is 10.8 Å². The second kappa shape index (κ2) is 4.27. The van der Waals surface area contributed by atoms with E-state index in [1.165, 1.54) is 44.9 Å². The van der Waals surface area contributed by atoms with Crippen molar-refractivity contribution < 1.29 is 4.74 Å². The van der Waals surface area contributed by atoms with Crippen LogP contribution in [-0.4, -0.2) is 6.61 Å². The van der Waals surface area contributed by atoms with Gasteiger partial charge >= 0.3 is 0 Å². The maximum atomic E-state index is 5.90. The molecular formula is C18H30O. The first kappa shape index (κ1) is 13.5. The highest BCUT2D eigenvalue weighted by atomic mass is 16.5. The molecule has 19 heavy (non-hydrogen) atoms. The molecule has 0 N–H and O–H groups in total. The van der Waals surface area contributed by atoms with Gasteiger partial charge in [0.25, 0.3) is 0 Å². The molecule has 2 bridgehead atoms. The molecule has 1 heteroatoms. The molecular weight excluding hydrogens is 232 g/mol. The smallest absolute Gasteiger partial charge is 0.0935 e. The van der Waals surface area contributed by atoms with E-state index < -0.39 is 0 Å². The molecule has 0 aromatic heterocycles. The lowest BCUT2D eigenvalue weighted by molar-refractivity contribution is -0.0400. The van der Waals surface area contributed by atoms with Crippen LogP contribution in [0.1, 0.15) is 72.6 Å². The lowest BCUT2D eigenvalue weighted by Gasteiger charge is -2.53. The van der Waals surface area contributed by atoms with Crippen LogP contribution in [-0.2, 0) is 4.74 Å². The number of unbranched alkanes of at least 4 members (excludes halogenated alkanes) is 1. The van der Waals surface area contributed by atoms with Crippen LogP contribution < -0.4 is 0 Å². The van der Waals surface area contributed by atoms with Gasteiger partial charge in [-0.2, -0.15) is 0 Å². The number of rotatable bonds is 3. The Bertz CT molecular complexity index is 394. The minimum atomic E-state index is 0.398. The van der Waals surface area contributed by atoms with Crippen LogP contribution in [0.2, 0.25) is 0 Å². The molecule has 3 rings (SSSR count). The quantitative estimate of drug-likeness (QED) is 0.669. The average molecular weight is 262 g/mol. The van der Waals surface area contributed by atoms with Crippen LogP contribution in [0, 0.1) is 22.2 Å². The Balaban J connectivity index is 1.98. The van der Waals surface area contributed by atoms with Gasteiger partial charge in [-0.1, -0.05) is 34.1 Å². The molecule has 3 atom stereocenters. The summed E-state index contributed by atoms with van der Waals surface area (Å²) in [7, 11) is 0. The zero-order valence-electron chi connectivity index (χ0n) is 13.2. The van der Waals surface area contributed by atoms with Crippen molar-refractivity contribution in [2.24, 2.45) is 22.2 Å². The SMILES string of the molecule is CCCCC1=COC[C@@]2(C)CC[C@@H]3C[C@]12CC3(C)C. The average Bonchev–Trinajstić information content (AvgIpc) is 2.58. The van der Waals surface area contributed by atoms with Gasteiger partial charge < -0.3 is 4.74 Å². The summed E-state index contributed by atoms with van der Waals surface area (Å²) in [6.07, 6.45) is 11.6. The lowest BCUT2D eigenvalue weighted by Crippen LogP contribution is -2.47. The number of fused-ring (bicyclic) bond motifs is 1. The second-order valence-electron chi connectivity index (χ2n) is 8.31. The molecule has 2 aliphatic carbocycles. The standard InChI is InChI=1S/C18H30O/c1-5-6-7-15-11-19-13-17(4)9-8-14-10-18(15,17)12-16(14,2)3/h11,14H,5-10,12-13H2,1-4H3/t14-,17-,18+/m1/s1. The van der Waals surface area contributed by atoms with Crippen molar-refractivity contribution in [1.82, 2.24) is 0 Å². The molecule has 2 fully saturated rings. The van der Waals surface area contributed by atoms with Crippen molar-refractivity contribution >= 4 is 0 Å². The molecule has 3 aliphatic rings. The van der Waals surface area contributed by atoms with Crippen molar-refractivity contribution in [2.45, 2.75) is 72.6 Å². The van der Waals surface area contributed by atoms with E-state index in [2.05, 4.69) is 34.0 Å². The van der Waals surface area contributed by atoms with E-state index in [1.54, 1.807) is 5.57 Å². The van der Waals surface area contributed by atoms with E-state index in [9.17, 15) is 0 Å².